The molecule has 0 bridgehead atoms. The number of nitrogens with one attached hydrogen (secondary N) is 2. The van der Waals surface area contributed by atoms with Gasteiger partial charge < -0.3 is 15.4 Å². The molecule has 2 rings (SSSR count). The second-order valence-electron chi connectivity index (χ2n) is 5.84. The molecule has 5 nitrogen and oxygen atoms in total. The molecule has 0 saturated heterocycles. The maximum atomic E-state index is 12.2. The van der Waals surface area contributed by atoms with Crippen LogP contribution in [0.1, 0.15) is 55.8 Å². The third kappa shape index (κ3) is 5.58. The SMILES string of the molecule is CCOc1ccccc1C(=O)NCCCC(=O)NC1CCCC1. The standard InChI is InChI=1S/C18H26N2O3/c1-2-23-16-11-6-5-10-15(16)18(22)19-13-7-12-17(21)20-14-8-3-4-9-14/h5-6,10-11,14H,2-4,7-9,12-13H2,1H3,(H,19,22)(H,20,21). The zero-order chi connectivity index (χ0) is 16.5. The van der Waals surface area contributed by atoms with Crippen molar-refractivity contribution in [1.82, 2.24) is 10.6 Å². The molecule has 5 heteroatoms. The third-order valence-electron chi connectivity index (χ3n) is 4.02. The molecule has 2 amide bonds. The van der Waals surface area contributed by atoms with Crippen molar-refractivity contribution in [2.75, 3.05) is 13.2 Å². The predicted octanol–water partition coefficient (Wildman–Crippen LogP) is 2.65. The zero-order valence-electron chi connectivity index (χ0n) is 13.8. The molecule has 126 valence electrons. The van der Waals surface area contributed by atoms with E-state index in [2.05, 4.69) is 10.6 Å². The smallest absolute Gasteiger partial charge is 0.255 e. The van der Waals surface area contributed by atoms with E-state index in [1.54, 1.807) is 12.1 Å². The van der Waals surface area contributed by atoms with Gasteiger partial charge in [-0.2, -0.15) is 0 Å². The van der Waals surface area contributed by atoms with E-state index in [4.69, 9.17) is 4.74 Å². The molecule has 1 aliphatic rings. The average Bonchev–Trinajstić information content (AvgIpc) is 3.05. The molecule has 1 aromatic carbocycles. The number of hydrogen-bond acceptors (Lipinski definition) is 3. The fraction of sp³-hybridized carbons (Fsp3) is 0.556. The third-order valence-corrected chi connectivity index (χ3v) is 4.02. The fourth-order valence-corrected chi connectivity index (χ4v) is 2.85. The van der Waals surface area contributed by atoms with Crippen LogP contribution in [0, 0.1) is 0 Å². The summed E-state index contributed by atoms with van der Waals surface area (Å²) in [6, 6.07) is 7.54. The van der Waals surface area contributed by atoms with Crippen molar-refractivity contribution in [3.8, 4) is 5.75 Å². The molecule has 2 N–H and O–H groups in total. The minimum atomic E-state index is -0.162. The van der Waals surface area contributed by atoms with Crippen LogP contribution in [0.3, 0.4) is 0 Å². The molecule has 0 aliphatic heterocycles. The van der Waals surface area contributed by atoms with E-state index < -0.39 is 0 Å². The van der Waals surface area contributed by atoms with E-state index in [-0.39, 0.29) is 11.8 Å². The topological polar surface area (TPSA) is 67.4 Å². The van der Waals surface area contributed by atoms with Crippen molar-refractivity contribution in [2.45, 2.75) is 51.5 Å². The summed E-state index contributed by atoms with van der Waals surface area (Å²) in [5.74, 6) is 0.512. The summed E-state index contributed by atoms with van der Waals surface area (Å²) in [5.41, 5.74) is 0.532. The number of benzene rings is 1. The lowest BCUT2D eigenvalue weighted by atomic mass is 10.2. The minimum Gasteiger partial charge on any atom is -0.493 e. The largest absolute Gasteiger partial charge is 0.493 e. The van der Waals surface area contributed by atoms with Gasteiger partial charge >= 0.3 is 0 Å². The van der Waals surface area contributed by atoms with E-state index in [1.165, 1.54) is 12.8 Å². The van der Waals surface area contributed by atoms with Gasteiger partial charge in [-0.1, -0.05) is 25.0 Å². The summed E-state index contributed by atoms with van der Waals surface area (Å²) in [6.45, 7) is 2.89. The highest BCUT2D eigenvalue weighted by atomic mass is 16.5. The first kappa shape index (κ1) is 17.3. The maximum Gasteiger partial charge on any atom is 0.255 e. The zero-order valence-corrected chi connectivity index (χ0v) is 13.8. The van der Waals surface area contributed by atoms with Gasteiger partial charge in [-0.25, -0.2) is 0 Å². The Bertz CT molecular complexity index is 525. The van der Waals surface area contributed by atoms with Gasteiger partial charge in [0.05, 0.1) is 12.2 Å². The van der Waals surface area contributed by atoms with E-state index in [0.29, 0.717) is 43.3 Å². The second kappa shape index (κ2) is 9.18. The molecule has 1 aliphatic carbocycles. The van der Waals surface area contributed by atoms with Crippen molar-refractivity contribution >= 4 is 11.8 Å². The van der Waals surface area contributed by atoms with Crippen LogP contribution in [0.4, 0.5) is 0 Å². The number of carbonyl (C=O) groups is 2. The van der Waals surface area contributed by atoms with Crippen molar-refractivity contribution < 1.29 is 14.3 Å². The Morgan fingerprint density at radius 1 is 1.22 bits per heavy atom. The number of amides is 2. The summed E-state index contributed by atoms with van der Waals surface area (Å²) < 4.78 is 5.45. The Kier molecular flexibility index (Phi) is 6.91. The molecule has 0 aromatic heterocycles. The summed E-state index contributed by atoms with van der Waals surface area (Å²) >= 11 is 0. The van der Waals surface area contributed by atoms with Gasteiger partial charge in [0.1, 0.15) is 5.75 Å². The van der Waals surface area contributed by atoms with Crippen LogP contribution in [-0.2, 0) is 4.79 Å². The van der Waals surface area contributed by atoms with Crippen molar-refractivity contribution in [1.29, 1.82) is 0 Å². The highest BCUT2D eigenvalue weighted by molar-refractivity contribution is 5.96. The first-order chi connectivity index (χ1) is 11.2. The molecule has 1 aromatic rings. The van der Waals surface area contributed by atoms with Crippen molar-refractivity contribution in [3.05, 3.63) is 29.8 Å². The molecule has 0 spiro atoms. The minimum absolute atomic E-state index is 0.0841. The van der Waals surface area contributed by atoms with Crippen LogP contribution in [0.25, 0.3) is 0 Å². The molecule has 0 radical (unpaired) electrons. The molecule has 1 saturated carbocycles. The van der Waals surface area contributed by atoms with Crippen LogP contribution in [0.2, 0.25) is 0 Å². The van der Waals surface area contributed by atoms with Crippen LogP contribution >= 0.6 is 0 Å². The number of carbonyl (C=O) groups excluding carboxylic acids is 2. The van der Waals surface area contributed by atoms with E-state index >= 15 is 0 Å². The summed E-state index contributed by atoms with van der Waals surface area (Å²) in [6.07, 6.45) is 5.69. The average molecular weight is 318 g/mol. The monoisotopic (exact) mass is 318 g/mol. The molecule has 0 heterocycles. The second-order valence-corrected chi connectivity index (χ2v) is 5.84. The Morgan fingerprint density at radius 2 is 1.96 bits per heavy atom. The van der Waals surface area contributed by atoms with Crippen molar-refractivity contribution in [3.63, 3.8) is 0 Å². The molecular formula is C18H26N2O3. The van der Waals surface area contributed by atoms with Crippen molar-refractivity contribution in [2.24, 2.45) is 0 Å². The Morgan fingerprint density at radius 3 is 2.70 bits per heavy atom. The number of hydrogen-bond donors (Lipinski definition) is 2. The number of rotatable bonds is 8. The number of para-hydroxylation sites is 1. The van der Waals surface area contributed by atoms with Gasteiger partial charge in [-0.3, -0.25) is 9.59 Å². The lowest BCUT2D eigenvalue weighted by molar-refractivity contribution is -0.121. The fourth-order valence-electron chi connectivity index (χ4n) is 2.85. The normalized spacial score (nSPS) is 14.5. The highest BCUT2D eigenvalue weighted by Crippen LogP contribution is 2.18. The quantitative estimate of drug-likeness (QED) is 0.724. The van der Waals surface area contributed by atoms with Gasteiger partial charge in [0.25, 0.3) is 5.91 Å². The number of ether oxygens (including phenoxy) is 1. The molecule has 23 heavy (non-hydrogen) atoms. The molecule has 0 atom stereocenters. The van der Waals surface area contributed by atoms with Crippen LogP contribution < -0.4 is 15.4 Å². The van der Waals surface area contributed by atoms with E-state index in [0.717, 1.165) is 12.8 Å². The molecule has 1 fully saturated rings. The summed E-state index contributed by atoms with van der Waals surface area (Å²) in [5, 5.41) is 5.90. The van der Waals surface area contributed by atoms with Crippen LogP contribution in [0.5, 0.6) is 5.75 Å². The predicted molar refractivity (Wildman–Crippen MR) is 89.6 cm³/mol. The Hall–Kier alpha value is -2.04. The lowest BCUT2D eigenvalue weighted by Gasteiger charge is -2.12. The Balaban J connectivity index is 1.69. The van der Waals surface area contributed by atoms with Gasteiger partial charge in [0, 0.05) is 19.0 Å². The van der Waals surface area contributed by atoms with Gasteiger partial charge in [-0.15, -0.1) is 0 Å². The van der Waals surface area contributed by atoms with Crippen LogP contribution in [-0.4, -0.2) is 31.0 Å². The summed E-state index contributed by atoms with van der Waals surface area (Å²) in [7, 11) is 0. The molecule has 0 unspecified atom stereocenters. The Labute approximate surface area is 137 Å². The maximum absolute atomic E-state index is 12.2. The summed E-state index contributed by atoms with van der Waals surface area (Å²) in [4.78, 5) is 24.0. The first-order valence-corrected chi connectivity index (χ1v) is 8.50. The first-order valence-electron chi connectivity index (χ1n) is 8.50. The molecular weight excluding hydrogens is 292 g/mol. The van der Waals surface area contributed by atoms with E-state index in [1.807, 2.05) is 19.1 Å². The van der Waals surface area contributed by atoms with Gasteiger partial charge in [0.2, 0.25) is 5.91 Å². The van der Waals surface area contributed by atoms with E-state index in [9.17, 15) is 9.59 Å². The van der Waals surface area contributed by atoms with Gasteiger partial charge in [0.15, 0.2) is 0 Å². The van der Waals surface area contributed by atoms with Crippen LogP contribution in [0.15, 0.2) is 24.3 Å². The lowest BCUT2D eigenvalue weighted by Crippen LogP contribution is -2.33. The highest BCUT2D eigenvalue weighted by Gasteiger charge is 2.17. The van der Waals surface area contributed by atoms with Gasteiger partial charge in [-0.05, 0) is 38.3 Å².